The van der Waals surface area contributed by atoms with Gasteiger partial charge in [-0.2, -0.15) is 0 Å². The van der Waals surface area contributed by atoms with Crippen molar-refractivity contribution in [2.24, 2.45) is 50.2 Å². The van der Waals surface area contributed by atoms with Gasteiger partial charge in [0.25, 0.3) is 0 Å². The van der Waals surface area contributed by atoms with E-state index in [1.807, 2.05) is 6.92 Å². The molecule has 27 heteroatoms. The largest absolute Gasteiger partial charge is 0.396 e. The lowest BCUT2D eigenvalue weighted by molar-refractivity contribution is -0.403. The first-order chi connectivity index (χ1) is 40.9. The molecule has 0 aromatic carbocycles. The van der Waals surface area contributed by atoms with Gasteiger partial charge in [-0.1, -0.05) is 53.7 Å². The molecule has 87 heavy (non-hydrogen) atoms. The first-order valence-electron chi connectivity index (χ1n) is 31.3. The van der Waals surface area contributed by atoms with Crippen LogP contribution in [0, 0.1) is 50.2 Å². The Hall–Kier alpha value is -1.34. The van der Waals surface area contributed by atoms with Crippen molar-refractivity contribution in [3.63, 3.8) is 0 Å². The molecular weight excluding hydrogens is 1150 g/mol. The Morgan fingerprint density at radius 3 is 1.55 bits per heavy atom. The summed E-state index contributed by atoms with van der Waals surface area (Å²) in [7, 11) is 0. The average Bonchev–Trinajstić information content (AvgIpc) is 1.62. The van der Waals surface area contributed by atoms with Gasteiger partial charge < -0.3 is 134 Å². The summed E-state index contributed by atoms with van der Waals surface area (Å²) in [5.41, 5.74) is -3.95. The van der Waals surface area contributed by atoms with Crippen molar-refractivity contribution in [2.75, 3.05) is 33.0 Å². The van der Waals surface area contributed by atoms with E-state index < -0.39 is 218 Å². The molecule has 500 valence electrons. The van der Waals surface area contributed by atoms with Crippen LogP contribution in [0.1, 0.15) is 107 Å². The zero-order valence-corrected chi connectivity index (χ0v) is 50.8. The quantitative estimate of drug-likeness (QED) is 0.0587. The molecule has 11 aliphatic rings. The van der Waals surface area contributed by atoms with Crippen LogP contribution in [0.15, 0.2) is 12.2 Å². The summed E-state index contributed by atoms with van der Waals surface area (Å²) in [4.78, 5) is 0. The number of ether oxygens (including phenoxy) is 11. The van der Waals surface area contributed by atoms with E-state index in [0.29, 0.717) is 38.7 Å². The molecule has 27 nitrogen and oxygen atoms in total. The summed E-state index contributed by atoms with van der Waals surface area (Å²) < 4.78 is 69.9. The molecule has 0 aromatic rings. The van der Waals surface area contributed by atoms with Crippen LogP contribution in [0.4, 0.5) is 0 Å². The number of allylic oxidation sites excluding steroid dienone is 1. The van der Waals surface area contributed by atoms with Crippen LogP contribution in [-0.4, -0.2) is 286 Å². The van der Waals surface area contributed by atoms with Crippen molar-refractivity contribution in [3.8, 4) is 0 Å². The lowest BCUT2D eigenvalue weighted by Crippen LogP contribution is -2.73. The second kappa shape index (κ2) is 24.1. The summed E-state index contributed by atoms with van der Waals surface area (Å²) in [6.07, 6.45) is -32.7. The van der Waals surface area contributed by atoms with E-state index >= 15 is 0 Å². The molecule has 5 aliphatic carbocycles. The standard InChI is InChI=1S/C60H98O27/c1-24-34(65)38(69)42(73)49(78-24)85-46-28(21-63)82-52(45(76)41(46)72)86-47-35(66)25(2)79-53(48(47)87-51-44(75)40(71)37(68)27(20-62)81-51)83-32-11-12-55(5)29(56(32,6)22-64)9-13-57(7)30(55)10-14-60-31-17-54(3,4)15-16-59(31,23-77-60)33(18-58(57,60)8)84-50-43(74)39(70)36(67)26(19-61)80-50/h10,14,24-53,61-76H,9,11-13,15-23H2,1-8H3/t24-,25+,26+,27+,28+,29+,30+,31+,32-,33-,34-,35-,36+,37+,38+,39-,40-,41+,42+,43+,44+,45+,46+,47-,48+,49-,50-,51-,52-,53-,55-,56-,57+,58-,59+,60-/m0/s1. The Morgan fingerprint density at radius 1 is 0.448 bits per heavy atom. The minimum atomic E-state index is -2.05. The molecule has 10 fully saturated rings. The zero-order chi connectivity index (χ0) is 63.2. The zero-order valence-electron chi connectivity index (χ0n) is 50.8. The van der Waals surface area contributed by atoms with E-state index in [-0.39, 0.29) is 29.8 Å². The van der Waals surface area contributed by atoms with Gasteiger partial charge >= 0.3 is 0 Å². The minimum absolute atomic E-state index is 0.0241. The van der Waals surface area contributed by atoms with Gasteiger partial charge in [-0.15, -0.1) is 0 Å². The molecule has 1 spiro atoms. The van der Waals surface area contributed by atoms with Gasteiger partial charge in [0.1, 0.15) is 110 Å². The topological polar surface area (TPSA) is 425 Å². The molecule has 0 amide bonds. The Labute approximate surface area is 505 Å². The first-order valence-corrected chi connectivity index (χ1v) is 31.3. The molecule has 0 radical (unpaired) electrons. The maximum absolute atomic E-state index is 12.1. The average molecular weight is 1250 g/mol. The normalized spacial score (nSPS) is 58.2. The number of aliphatic hydroxyl groups is 16. The predicted molar refractivity (Wildman–Crippen MR) is 293 cm³/mol. The maximum Gasteiger partial charge on any atom is 0.187 e. The number of rotatable bonds is 14. The van der Waals surface area contributed by atoms with E-state index in [1.54, 1.807) is 0 Å². The predicted octanol–water partition coefficient (Wildman–Crippen LogP) is -3.72. The SMILES string of the molecule is C[C@@H]1O[C@@H](O[C@H]2[C@H](O)[C@@H](O)[C@H](O[C@H]3[C@@H](O)[C@@H](C)O[C@@H](O[C@H]4CC[C@@]5(C)[C@@H](CC[C@]6(C)[C@@H]5C=C[C@]57OC[C@@]8(CCC(C)(C)C[C@H]85)[C@@H](O[C@@H]5O[C@H](CO)[C@@H](O)[C@H](O)[C@H]5O)C[C@]76C)[C@]4(C)CO)[C@@H]3O[C@@H]3O[C@H](CO)[C@@H](O)[C@H](O)[C@H]3O)O[C@@H]2CO)[C@H](O)[C@H](O)[C@H]1O. The van der Waals surface area contributed by atoms with E-state index in [2.05, 4.69) is 46.8 Å². The van der Waals surface area contributed by atoms with Crippen LogP contribution in [0.2, 0.25) is 0 Å². The lowest BCUT2D eigenvalue weighted by Gasteiger charge is -2.73. The van der Waals surface area contributed by atoms with Crippen LogP contribution in [0.5, 0.6) is 0 Å². The van der Waals surface area contributed by atoms with E-state index in [9.17, 15) is 81.7 Å². The molecule has 36 atom stereocenters. The van der Waals surface area contributed by atoms with E-state index in [0.717, 1.165) is 19.3 Å². The first kappa shape index (κ1) is 67.1. The summed E-state index contributed by atoms with van der Waals surface area (Å²) in [6, 6.07) is 0. The third-order valence-electron chi connectivity index (χ3n) is 24.2. The van der Waals surface area contributed by atoms with Gasteiger partial charge in [0.15, 0.2) is 31.5 Å². The molecule has 0 unspecified atom stereocenters. The highest BCUT2D eigenvalue weighted by Crippen LogP contribution is 2.79. The fourth-order valence-corrected chi connectivity index (χ4v) is 18.7. The van der Waals surface area contributed by atoms with Crippen LogP contribution in [0.25, 0.3) is 0 Å². The number of aliphatic hydroxyl groups excluding tert-OH is 16. The second-order valence-corrected chi connectivity index (χ2v) is 29.4. The maximum atomic E-state index is 12.1. The molecule has 6 saturated heterocycles. The third kappa shape index (κ3) is 10.4. The fraction of sp³-hybridized carbons (Fsp3) is 0.967. The number of hydrogen-bond donors (Lipinski definition) is 16. The van der Waals surface area contributed by atoms with Crippen molar-refractivity contribution in [3.05, 3.63) is 12.2 Å². The highest BCUT2D eigenvalue weighted by molar-refractivity contribution is 5.36. The Morgan fingerprint density at radius 2 is 0.954 bits per heavy atom. The van der Waals surface area contributed by atoms with Gasteiger partial charge in [-0.3, -0.25) is 0 Å². The summed E-state index contributed by atoms with van der Waals surface area (Å²) in [6.45, 7) is 14.0. The van der Waals surface area contributed by atoms with Crippen molar-refractivity contribution >= 4 is 0 Å². The van der Waals surface area contributed by atoms with Crippen LogP contribution in [-0.2, 0) is 52.1 Å². The number of hydrogen-bond acceptors (Lipinski definition) is 27. The van der Waals surface area contributed by atoms with Gasteiger partial charge in [-0.25, -0.2) is 0 Å². The molecule has 4 saturated carbocycles. The van der Waals surface area contributed by atoms with Crippen molar-refractivity contribution in [1.29, 1.82) is 0 Å². The molecule has 6 heterocycles. The molecule has 16 N–H and O–H groups in total. The van der Waals surface area contributed by atoms with E-state index in [1.165, 1.54) is 13.8 Å². The van der Waals surface area contributed by atoms with Crippen LogP contribution < -0.4 is 0 Å². The highest BCUT2D eigenvalue weighted by atomic mass is 16.8. The van der Waals surface area contributed by atoms with Crippen molar-refractivity contribution in [1.82, 2.24) is 0 Å². The summed E-state index contributed by atoms with van der Waals surface area (Å²) in [5, 5.41) is 176. The Bertz CT molecular complexity index is 2420. The van der Waals surface area contributed by atoms with Gasteiger partial charge in [0.2, 0.25) is 0 Å². The highest BCUT2D eigenvalue weighted by Gasteiger charge is 2.80. The second-order valence-electron chi connectivity index (χ2n) is 29.4. The third-order valence-corrected chi connectivity index (χ3v) is 24.2. The van der Waals surface area contributed by atoms with Gasteiger partial charge in [0, 0.05) is 22.2 Å². The molecule has 6 aliphatic heterocycles. The van der Waals surface area contributed by atoms with Crippen LogP contribution in [0.3, 0.4) is 0 Å². The van der Waals surface area contributed by atoms with Crippen LogP contribution >= 0.6 is 0 Å². The van der Waals surface area contributed by atoms with Gasteiger partial charge in [0.05, 0.1) is 63.1 Å². The van der Waals surface area contributed by atoms with Gasteiger partial charge in [-0.05, 0) is 93.3 Å². The summed E-state index contributed by atoms with van der Waals surface area (Å²) >= 11 is 0. The van der Waals surface area contributed by atoms with Crippen molar-refractivity contribution in [2.45, 2.75) is 278 Å². The fourth-order valence-electron chi connectivity index (χ4n) is 18.7. The van der Waals surface area contributed by atoms with E-state index in [4.69, 9.17) is 52.1 Å². The smallest absolute Gasteiger partial charge is 0.187 e. The number of fused-ring (bicyclic) bond motifs is 4. The summed E-state index contributed by atoms with van der Waals surface area (Å²) in [5.74, 6) is -0.389. The molecule has 2 bridgehead atoms. The monoisotopic (exact) mass is 1250 g/mol. The molecular formula is C60H98O27. The lowest BCUT2D eigenvalue weighted by atomic mass is 9.32. The Balaban J connectivity index is 0.886. The minimum Gasteiger partial charge on any atom is -0.396 e. The van der Waals surface area contributed by atoms with Crippen molar-refractivity contribution < 1.29 is 134 Å². The Kier molecular flexibility index (Phi) is 18.6. The molecule has 0 aromatic heterocycles. The molecule has 11 rings (SSSR count).